The fourth-order valence-corrected chi connectivity index (χ4v) is 2.56. The second-order valence-electron chi connectivity index (χ2n) is 3.08. The van der Waals surface area contributed by atoms with Crippen molar-refractivity contribution in [1.29, 1.82) is 0 Å². The SMILES string of the molecule is OCCC[C@@H](I)[C@H]1CCCN1. The number of rotatable bonds is 4. The lowest BCUT2D eigenvalue weighted by atomic mass is 10.1. The molecule has 3 heteroatoms. The van der Waals surface area contributed by atoms with Crippen LogP contribution in [0.15, 0.2) is 0 Å². The number of halogens is 1. The van der Waals surface area contributed by atoms with E-state index in [1.165, 1.54) is 19.4 Å². The zero-order valence-corrected chi connectivity index (χ0v) is 8.88. The Hall–Kier alpha value is 0.650. The molecule has 0 spiro atoms. The van der Waals surface area contributed by atoms with Gasteiger partial charge in [0.1, 0.15) is 0 Å². The Morgan fingerprint density at radius 1 is 1.64 bits per heavy atom. The van der Waals surface area contributed by atoms with Crippen molar-refractivity contribution < 1.29 is 5.11 Å². The highest BCUT2D eigenvalue weighted by Crippen LogP contribution is 2.20. The van der Waals surface area contributed by atoms with Gasteiger partial charge in [0.05, 0.1) is 0 Å². The van der Waals surface area contributed by atoms with Crippen molar-refractivity contribution in [2.75, 3.05) is 13.2 Å². The molecule has 1 rings (SSSR count). The number of aliphatic hydroxyl groups is 1. The fourth-order valence-electron chi connectivity index (χ4n) is 1.51. The minimum atomic E-state index is 0.340. The molecule has 1 aliphatic rings. The third kappa shape index (κ3) is 3.25. The fraction of sp³-hybridized carbons (Fsp3) is 1.00. The number of aliphatic hydroxyl groups excluding tert-OH is 1. The smallest absolute Gasteiger partial charge is 0.0431 e. The highest BCUT2D eigenvalue weighted by atomic mass is 127. The van der Waals surface area contributed by atoms with Gasteiger partial charge in [-0.05, 0) is 32.2 Å². The van der Waals surface area contributed by atoms with E-state index < -0.39 is 0 Å². The van der Waals surface area contributed by atoms with Crippen molar-refractivity contribution in [2.24, 2.45) is 0 Å². The Kier molecular flexibility index (Phi) is 4.71. The monoisotopic (exact) mass is 269 g/mol. The quantitative estimate of drug-likeness (QED) is 0.596. The van der Waals surface area contributed by atoms with Gasteiger partial charge in [0.15, 0.2) is 0 Å². The number of nitrogens with one attached hydrogen (secondary N) is 1. The molecule has 0 saturated carbocycles. The van der Waals surface area contributed by atoms with Crippen molar-refractivity contribution in [3.05, 3.63) is 0 Å². The molecule has 0 radical (unpaired) electrons. The van der Waals surface area contributed by atoms with Crippen molar-refractivity contribution in [2.45, 2.75) is 35.6 Å². The van der Waals surface area contributed by atoms with Crippen LogP contribution >= 0.6 is 22.6 Å². The lowest BCUT2D eigenvalue weighted by Gasteiger charge is -2.16. The minimum Gasteiger partial charge on any atom is -0.396 e. The maximum atomic E-state index is 8.63. The Balaban J connectivity index is 2.12. The molecule has 2 N–H and O–H groups in total. The Bertz CT molecular complexity index is 104. The van der Waals surface area contributed by atoms with Gasteiger partial charge >= 0.3 is 0 Å². The lowest BCUT2D eigenvalue weighted by Crippen LogP contribution is -2.30. The van der Waals surface area contributed by atoms with Crippen LogP contribution in [0.25, 0.3) is 0 Å². The predicted octanol–water partition coefficient (Wildman–Crippen LogP) is 1.31. The molecule has 0 amide bonds. The van der Waals surface area contributed by atoms with Crippen LogP contribution in [-0.4, -0.2) is 28.2 Å². The molecule has 0 aliphatic carbocycles. The lowest BCUT2D eigenvalue weighted by molar-refractivity contribution is 0.282. The summed E-state index contributed by atoms with van der Waals surface area (Å²) in [6.07, 6.45) is 4.74. The third-order valence-corrected chi connectivity index (χ3v) is 3.66. The van der Waals surface area contributed by atoms with Gasteiger partial charge < -0.3 is 10.4 Å². The summed E-state index contributed by atoms with van der Waals surface area (Å²) < 4.78 is 0.710. The first-order valence-corrected chi connectivity index (χ1v) is 5.57. The Morgan fingerprint density at radius 3 is 3.00 bits per heavy atom. The number of hydrogen-bond acceptors (Lipinski definition) is 2. The standard InChI is InChI=1S/C8H16INO/c9-7(3-2-6-11)8-4-1-5-10-8/h7-8,10-11H,1-6H2/t7-,8-/m1/s1. The zero-order chi connectivity index (χ0) is 8.10. The van der Waals surface area contributed by atoms with Crippen LogP contribution in [0.4, 0.5) is 0 Å². The van der Waals surface area contributed by atoms with Crippen LogP contribution in [0.3, 0.4) is 0 Å². The largest absolute Gasteiger partial charge is 0.396 e. The topological polar surface area (TPSA) is 32.3 Å². The third-order valence-electron chi connectivity index (χ3n) is 2.17. The highest BCUT2D eigenvalue weighted by Gasteiger charge is 2.21. The molecule has 11 heavy (non-hydrogen) atoms. The molecule has 0 aromatic rings. The molecule has 0 unspecified atom stereocenters. The van der Waals surface area contributed by atoms with E-state index in [2.05, 4.69) is 27.9 Å². The summed E-state index contributed by atoms with van der Waals surface area (Å²) >= 11 is 2.49. The summed E-state index contributed by atoms with van der Waals surface area (Å²) in [5.74, 6) is 0. The number of alkyl halides is 1. The average molecular weight is 269 g/mol. The summed E-state index contributed by atoms with van der Waals surface area (Å²) in [6, 6.07) is 0.710. The van der Waals surface area contributed by atoms with Crippen LogP contribution in [0.2, 0.25) is 0 Å². The van der Waals surface area contributed by atoms with Gasteiger partial charge in [-0.25, -0.2) is 0 Å². The van der Waals surface area contributed by atoms with E-state index in [-0.39, 0.29) is 0 Å². The van der Waals surface area contributed by atoms with Gasteiger partial charge in [-0.3, -0.25) is 0 Å². The maximum Gasteiger partial charge on any atom is 0.0431 e. The molecule has 0 aromatic carbocycles. The molecular weight excluding hydrogens is 253 g/mol. The zero-order valence-electron chi connectivity index (χ0n) is 6.72. The van der Waals surface area contributed by atoms with E-state index in [0.29, 0.717) is 16.6 Å². The Labute approximate surface area is 81.9 Å². The molecule has 2 nitrogen and oxygen atoms in total. The van der Waals surface area contributed by atoms with Gasteiger partial charge in [0.2, 0.25) is 0 Å². The van der Waals surface area contributed by atoms with Crippen LogP contribution in [0.5, 0.6) is 0 Å². The predicted molar refractivity (Wildman–Crippen MR) is 55.2 cm³/mol. The van der Waals surface area contributed by atoms with Gasteiger partial charge in [-0.2, -0.15) is 0 Å². The van der Waals surface area contributed by atoms with E-state index in [1.54, 1.807) is 0 Å². The van der Waals surface area contributed by atoms with E-state index >= 15 is 0 Å². The van der Waals surface area contributed by atoms with Crippen molar-refractivity contribution in [3.8, 4) is 0 Å². The second kappa shape index (κ2) is 5.32. The van der Waals surface area contributed by atoms with Crippen LogP contribution in [-0.2, 0) is 0 Å². The van der Waals surface area contributed by atoms with E-state index in [4.69, 9.17) is 5.11 Å². The summed E-state index contributed by atoms with van der Waals surface area (Å²) in [4.78, 5) is 0. The summed E-state index contributed by atoms with van der Waals surface area (Å²) in [6.45, 7) is 1.52. The van der Waals surface area contributed by atoms with Gasteiger partial charge in [-0.1, -0.05) is 22.6 Å². The maximum absolute atomic E-state index is 8.63. The molecule has 0 aromatic heterocycles. The molecule has 1 fully saturated rings. The van der Waals surface area contributed by atoms with Crippen molar-refractivity contribution in [1.82, 2.24) is 5.32 Å². The summed E-state index contributed by atoms with van der Waals surface area (Å²) in [7, 11) is 0. The summed E-state index contributed by atoms with van der Waals surface area (Å²) in [5.41, 5.74) is 0. The molecule has 1 saturated heterocycles. The molecule has 1 heterocycles. The second-order valence-corrected chi connectivity index (χ2v) is 4.68. The summed E-state index contributed by atoms with van der Waals surface area (Å²) in [5, 5.41) is 12.1. The molecule has 66 valence electrons. The van der Waals surface area contributed by atoms with E-state index in [0.717, 1.165) is 12.8 Å². The molecular formula is C8H16INO. The first-order valence-electron chi connectivity index (χ1n) is 4.33. The first-order chi connectivity index (χ1) is 5.34. The van der Waals surface area contributed by atoms with Crippen LogP contribution < -0.4 is 5.32 Å². The van der Waals surface area contributed by atoms with E-state index in [1.807, 2.05) is 0 Å². The molecule has 1 aliphatic heterocycles. The molecule has 0 bridgehead atoms. The van der Waals surface area contributed by atoms with Gasteiger partial charge in [0, 0.05) is 16.6 Å². The number of hydrogen-bond donors (Lipinski definition) is 2. The van der Waals surface area contributed by atoms with Crippen LogP contribution in [0, 0.1) is 0 Å². The van der Waals surface area contributed by atoms with Crippen molar-refractivity contribution >= 4 is 22.6 Å². The average Bonchev–Trinajstić information content (AvgIpc) is 2.52. The normalized spacial score (nSPS) is 27.3. The Morgan fingerprint density at radius 2 is 2.45 bits per heavy atom. The van der Waals surface area contributed by atoms with Crippen LogP contribution in [0.1, 0.15) is 25.7 Å². The first kappa shape index (κ1) is 9.74. The van der Waals surface area contributed by atoms with Gasteiger partial charge in [-0.15, -0.1) is 0 Å². The highest BCUT2D eigenvalue weighted by molar-refractivity contribution is 14.1. The van der Waals surface area contributed by atoms with Crippen molar-refractivity contribution in [3.63, 3.8) is 0 Å². The minimum absolute atomic E-state index is 0.340. The van der Waals surface area contributed by atoms with E-state index in [9.17, 15) is 0 Å². The van der Waals surface area contributed by atoms with Gasteiger partial charge in [0.25, 0.3) is 0 Å². The molecule has 2 atom stereocenters.